The first kappa shape index (κ1) is 18.5. The fraction of sp³-hybridized carbons (Fsp3) is 0.0968. The Morgan fingerprint density at radius 2 is 1.24 bits per heavy atom. The number of benzene rings is 5. The van der Waals surface area contributed by atoms with Crippen LogP contribution in [0.2, 0.25) is 0 Å². The van der Waals surface area contributed by atoms with Crippen LogP contribution in [0.15, 0.2) is 101 Å². The standard InChI is InChI=1S/C31H23NO/c1-31(2)27-10-6-5-9-23(27)24-13-11-21(17-28(24)31)32-22-12-14-25-26-15-19-7-3-4-8-20(19)16-29(26)33-30(25)18-22/h3-18,32H,1-2H3. The van der Waals surface area contributed by atoms with Crippen molar-refractivity contribution in [1.29, 1.82) is 0 Å². The normalized spacial score (nSPS) is 14.0. The smallest absolute Gasteiger partial charge is 0.137 e. The molecule has 0 radical (unpaired) electrons. The van der Waals surface area contributed by atoms with Crippen LogP contribution in [0.1, 0.15) is 25.0 Å². The van der Waals surface area contributed by atoms with Gasteiger partial charge in [0.25, 0.3) is 0 Å². The maximum absolute atomic E-state index is 6.25. The van der Waals surface area contributed by atoms with Crippen molar-refractivity contribution in [2.75, 3.05) is 5.32 Å². The van der Waals surface area contributed by atoms with Gasteiger partial charge < -0.3 is 9.73 Å². The quantitative estimate of drug-likeness (QED) is 0.300. The van der Waals surface area contributed by atoms with E-state index in [4.69, 9.17) is 4.42 Å². The van der Waals surface area contributed by atoms with E-state index in [2.05, 4.69) is 116 Å². The van der Waals surface area contributed by atoms with E-state index in [1.807, 2.05) is 0 Å². The van der Waals surface area contributed by atoms with Gasteiger partial charge in [0, 0.05) is 33.6 Å². The second kappa shape index (κ2) is 6.49. The van der Waals surface area contributed by atoms with Gasteiger partial charge in [-0.2, -0.15) is 0 Å². The van der Waals surface area contributed by atoms with Gasteiger partial charge >= 0.3 is 0 Å². The van der Waals surface area contributed by atoms with Gasteiger partial charge in [-0.1, -0.05) is 68.4 Å². The molecule has 0 unspecified atom stereocenters. The molecule has 158 valence electrons. The molecule has 0 aliphatic heterocycles. The monoisotopic (exact) mass is 425 g/mol. The molecule has 6 aromatic rings. The van der Waals surface area contributed by atoms with Gasteiger partial charge in [-0.15, -0.1) is 0 Å². The Morgan fingerprint density at radius 1 is 0.576 bits per heavy atom. The lowest BCUT2D eigenvalue weighted by atomic mass is 9.82. The van der Waals surface area contributed by atoms with Crippen LogP contribution in [0.4, 0.5) is 11.4 Å². The summed E-state index contributed by atoms with van der Waals surface area (Å²) >= 11 is 0. The van der Waals surface area contributed by atoms with Gasteiger partial charge in [0.1, 0.15) is 11.2 Å². The molecule has 5 aromatic carbocycles. The number of fused-ring (bicyclic) bond motifs is 7. The van der Waals surface area contributed by atoms with E-state index in [0.29, 0.717) is 0 Å². The topological polar surface area (TPSA) is 25.2 Å². The minimum Gasteiger partial charge on any atom is -0.456 e. The van der Waals surface area contributed by atoms with E-state index in [-0.39, 0.29) is 5.41 Å². The summed E-state index contributed by atoms with van der Waals surface area (Å²) in [4.78, 5) is 0. The number of furan rings is 1. The molecule has 2 heteroatoms. The third-order valence-electron chi connectivity index (χ3n) is 7.21. The van der Waals surface area contributed by atoms with Crippen LogP contribution in [-0.2, 0) is 5.41 Å². The molecule has 0 saturated carbocycles. The van der Waals surface area contributed by atoms with E-state index >= 15 is 0 Å². The summed E-state index contributed by atoms with van der Waals surface area (Å²) < 4.78 is 6.25. The van der Waals surface area contributed by atoms with Crippen molar-refractivity contribution in [3.05, 3.63) is 108 Å². The highest BCUT2D eigenvalue weighted by molar-refractivity contribution is 6.10. The van der Waals surface area contributed by atoms with E-state index in [9.17, 15) is 0 Å². The fourth-order valence-corrected chi connectivity index (χ4v) is 5.49. The Kier molecular flexibility index (Phi) is 3.64. The van der Waals surface area contributed by atoms with Crippen LogP contribution in [0, 0.1) is 0 Å². The van der Waals surface area contributed by atoms with Crippen LogP contribution in [0.5, 0.6) is 0 Å². The first-order valence-electron chi connectivity index (χ1n) is 11.4. The van der Waals surface area contributed by atoms with Crippen LogP contribution in [-0.4, -0.2) is 0 Å². The molecule has 0 bridgehead atoms. The first-order valence-corrected chi connectivity index (χ1v) is 11.4. The second-order valence-corrected chi connectivity index (χ2v) is 9.56. The largest absolute Gasteiger partial charge is 0.456 e. The van der Waals surface area contributed by atoms with Crippen LogP contribution >= 0.6 is 0 Å². The maximum atomic E-state index is 6.25. The molecule has 1 aromatic heterocycles. The Hall–Kier alpha value is -4.04. The summed E-state index contributed by atoms with van der Waals surface area (Å²) in [6.45, 7) is 4.62. The van der Waals surface area contributed by atoms with Crippen molar-refractivity contribution >= 4 is 44.1 Å². The zero-order valence-corrected chi connectivity index (χ0v) is 18.6. The molecule has 33 heavy (non-hydrogen) atoms. The number of hydrogen-bond acceptors (Lipinski definition) is 2. The average Bonchev–Trinajstić information content (AvgIpc) is 3.29. The lowest BCUT2D eigenvalue weighted by molar-refractivity contribution is 0.660. The zero-order valence-electron chi connectivity index (χ0n) is 18.6. The Morgan fingerprint density at radius 3 is 2.12 bits per heavy atom. The minimum atomic E-state index is -0.00564. The zero-order chi connectivity index (χ0) is 22.2. The van der Waals surface area contributed by atoms with Crippen molar-refractivity contribution in [2.45, 2.75) is 19.3 Å². The van der Waals surface area contributed by atoms with Crippen LogP contribution in [0.25, 0.3) is 43.8 Å². The van der Waals surface area contributed by atoms with Gasteiger partial charge in [0.2, 0.25) is 0 Å². The highest BCUT2D eigenvalue weighted by Gasteiger charge is 2.35. The van der Waals surface area contributed by atoms with Gasteiger partial charge in [-0.05, 0) is 69.4 Å². The predicted molar refractivity (Wildman–Crippen MR) is 139 cm³/mol. The van der Waals surface area contributed by atoms with Crippen molar-refractivity contribution < 1.29 is 4.42 Å². The van der Waals surface area contributed by atoms with Crippen LogP contribution < -0.4 is 5.32 Å². The van der Waals surface area contributed by atoms with Crippen molar-refractivity contribution in [3.63, 3.8) is 0 Å². The van der Waals surface area contributed by atoms with Gasteiger partial charge in [0.15, 0.2) is 0 Å². The van der Waals surface area contributed by atoms with Gasteiger partial charge in [-0.3, -0.25) is 0 Å². The summed E-state index contributed by atoms with van der Waals surface area (Å²) in [6.07, 6.45) is 0. The molecular weight excluding hydrogens is 402 g/mol. The summed E-state index contributed by atoms with van der Waals surface area (Å²) in [5.74, 6) is 0. The first-order chi connectivity index (χ1) is 16.1. The summed E-state index contributed by atoms with van der Waals surface area (Å²) in [6, 6.07) is 34.6. The summed E-state index contributed by atoms with van der Waals surface area (Å²) in [5, 5.41) is 8.34. The van der Waals surface area contributed by atoms with E-state index in [1.54, 1.807) is 0 Å². The lowest BCUT2D eigenvalue weighted by Crippen LogP contribution is -2.15. The second-order valence-electron chi connectivity index (χ2n) is 9.56. The fourth-order valence-electron chi connectivity index (χ4n) is 5.49. The highest BCUT2D eigenvalue weighted by Crippen LogP contribution is 2.49. The maximum Gasteiger partial charge on any atom is 0.137 e. The molecule has 1 N–H and O–H groups in total. The summed E-state index contributed by atoms with van der Waals surface area (Å²) in [7, 11) is 0. The molecule has 1 aliphatic carbocycles. The number of hydrogen-bond donors (Lipinski definition) is 1. The SMILES string of the molecule is CC1(C)c2ccccc2-c2ccc(Nc3ccc4c(c3)oc3cc5ccccc5cc34)cc21. The Labute approximate surface area is 192 Å². The average molecular weight is 426 g/mol. The highest BCUT2D eigenvalue weighted by atomic mass is 16.3. The molecule has 0 spiro atoms. The number of rotatable bonds is 2. The van der Waals surface area contributed by atoms with Crippen molar-refractivity contribution in [3.8, 4) is 11.1 Å². The molecule has 0 atom stereocenters. The molecule has 0 saturated heterocycles. The van der Waals surface area contributed by atoms with E-state index < -0.39 is 0 Å². The molecule has 1 heterocycles. The van der Waals surface area contributed by atoms with E-state index in [1.165, 1.54) is 33.0 Å². The van der Waals surface area contributed by atoms with Gasteiger partial charge in [-0.25, -0.2) is 0 Å². The Bertz CT molecular complexity index is 1720. The van der Waals surface area contributed by atoms with E-state index in [0.717, 1.165) is 33.3 Å². The molecule has 0 amide bonds. The molecular formula is C31H23NO. The van der Waals surface area contributed by atoms with Crippen LogP contribution in [0.3, 0.4) is 0 Å². The summed E-state index contributed by atoms with van der Waals surface area (Å²) in [5.41, 5.74) is 9.39. The van der Waals surface area contributed by atoms with Crippen molar-refractivity contribution in [1.82, 2.24) is 0 Å². The predicted octanol–water partition coefficient (Wildman–Crippen LogP) is 8.79. The Balaban J connectivity index is 1.29. The number of nitrogens with one attached hydrogen (secondary N) is 1. The molecule has 1 aliphatic rings. The third-order valence-corrected chi connectivity index (χ3v) is 7.21. The molecule has 0 fully saturated rings. The van der Waals surface area contributed by atoms with Gasteiger partial charge in [0.05, 0.1) is 0 Å². The minimum absolute atomic E-state index is 0.00564. The number of anilines is 2. The molecule has 2 nitrogen and oxygen atoms in total. The third kappa shape index (κ3) is 2.67. The molecule has 7 rings (SSSR count). The lowest BCUT2D eigenvalue weighted by Gasteiger charge is -2.22. The van der Waals surface area contributed by atoms with Crippen molar-refractivity contribution in [2.24, 2.45) is 0 Å².